The van der Waals surface area contributed by atoms with E-state index in [2.05, 4.69) is 83.8 Å². The van der Waals surface area contributed by atoms with Gasteiger partial charge in [0.25, 0.3) is 0 Å². The summed E-state index contributed by atoms with van der Waals surface area (Å²) in [5.74, 6) is 0.625. The number of aryl methyl sites for hydroxylation is 2. The zero-order chi connectivity index (χ0) is 22.8. The van der Waals surface area contributed by atoms with Crippen LogP contribution in [-0.2, 0) is 6.42 Å². The van der Waals surface area contributed by atoms with Gasteiger partial charge in [-0.15, -0.1) is 0 Å². The Kier molecular flexibility index (Phi) is 6.43. The number of aromatic nitrogens is 1. The maximum atomic E-state index is 6.15. The third-order valence-corrected chi connectivity index (χ3v) is 7.33. The first-order valence-electron chi connectivity index (χ1n) is 12.0. The molecule has 0 saturated carbocycles. The molecule has 0 spiro atoms. The Balaban J connectivity index is 1.18. The molecule has 0 unspecified atom stereocenters. The number of halogens is 1. The highest BCUT2D eigenvalue weighted by Crippen LogP contribution is 2.34. The Morgan fingerprint density at radius 1 is 0.939 bits per heavy atom. The summed E-state index contributed by atoms with van der Waals surface area (Å²) in [5, 5.41) is 5.67. The van der Waals surface area contributed by atoms with E-state index in [1.807, 2.05) is 12.1 Å². The number of rotatable bonds is 6. The molecule has 0 bridgehead atoms. The van der Waals surface area contributed by atoms with Crippen LogP contribution in [0, 0.1) is 13.8 Å². The summed E-state index contributed by atoms with van der Waals surface area (Å²) in [6, 6.07) is 21.5. The molecule has 1 aliphatic heterocycles. The van der Waals surface area contributed by atoms with E-state index >= 15 is 0 Å². The lowest BCUT2D eigenvalue weighted by Gasteiger charge is -2.32. The summed E-state index contributed by atoms with van der Waals surface area (Å²) >= 11 is 6.15. The van der Waals surface area contributed by atoms with Crippen LogP contribution in [0.4, 0.5) is 11.4 Å². The molecule has 4 aromatic rings. The highest BCUT2D eigenvalue weighted by atomic mass is 35.5. The summed E-state index contributed by atoms with van der Waals surface area (Å²) in [6.07, 6.45) is 5.70. The van der Waals surface area contributed by atoms with Crippen molar-refractivity contribution in [2.24, 2.45) is 0 Å². The lowest BCUT2D eigenvalue weighted by atomic mass is 9.89. The molecule has 0 amide bonds. The van der Waals surface area contributed by atoms with Crippen molar-refractivity contribution in [3.05, 3.63) is 94.1 Å². The SMILES string of the molecule is Cc1ccc(Nc2ccc(C)c(CCN3CCC(c4c[nH]c5cc(Cl)ccc45)CC3)c2)cc1. The molecule has 4 heteroatoms. The standard InChI is InChI=1S/C29H32ClN3/c1-20-3-7-25(8-4-20)32-26-9-5-21(2)23(17-26)13-16-33-14-11-22(12-15-33)28-19-31-29-18-24(30)6-10-27(28)29/h3-10,17-19,22,31-32H,11-16H2,1-2H3. The molecular formula is C29H32ClN3. The fourth-order valence-electron chi connectivity index (χ4n) is 5.03. The average Bonchev–Trinajstić information content (AvgIpc) is 3.24. The van der Waals surface area contributed by atoms with Crippen molar-refractivity contribution in [1.29, 1.82) is 0 Å². The fourth-order valence-corrected chi connectivity index (χ4v) is 5.20. The van der Waals surface area contributed by atoms with Crippen LogP contribution < -0.4 is 5.32 Å². The van der Waals surface area contributed by atoms with E-state index in [-0.39, 0.29) is 0 Å². The minimum absolute atomic E-state index is 0.625. The van der Waals surface area contributed by atoms with Crippen LogP contribution in [0.5, 0.6) is 0 Å². The molecule has 5 rings (SSSR count). The van der Waals surface area contributed by atoms with Crippen LogP contribution in [-0.4, -0.2) is 29.5 Å². The van der Waals surface area contributed by atoms with E-state index < -0.39 is 0 Å². The van der Waals surface area contributed by atoms with Crippen molar-refractivity contribution < 1.29 is 0 Å². The number of nitrogens with zero attached hydrogens (tertiary/aromatic N) is 1. The molecule has 1 aromatic heterocycles. The Morgan fingerprint density at radius 3 is 2.48 bits per heavy atom. The Labute approximate surface area is 201 Å². The highest BCUT2D eigenvalue weighted by Gasteiger charge is 2.22. The van der Waals surface area contributed by atoms with Gasteiger partial charge in [-0.3, -0.25) is 0 Å². The molecule has 0 atom stereocenters. The second kappa shape index (κ2) is 9.62. The molecule has 2 N–H and O–H groups in total. The van der Waals surface area contributed by atoms with Crippen LogP contribution in [0.1, 0.15) is 41.0 Å². The van der Waals surface area contributed by atoms with Crippen LogP contribution in [0.3, 0.4) is 0 Å². The quantitative estimate of drug-likeness (QED) is 0.312. The smallest absolute Gasteiger partial charge is 0.0471 e. The number of hydrogen-bond acceptors (Lipinski definition) is 2. The lowest BCUT2D eigenvalue weighted by molar-refractivity contribution is 0.215. The first-order chi connectivity index (χ1) is 16.0. The number of likely N-dealkylation sites (tertiary alicyclic amines) is 1. The molecule has 0 radical (unpaired) electrons. The van der Waals surface area contributed by atoms with Gasteiger partial charge in [-0.05, 0) is 105 Å². The van der Waals surface area contributed by atoms with Gasteiger partial charge in [-0.25, -0.2) is 0 Å². The normalized spacial score (nSPS) is 15.2. The van der Waals surface area contributed by atoms with Crippen LogP contribution in [0.15, 0.2) is 66.9 Å². The van der Waals surface area contributed by atoms with E-state index in [0.717, 1.165) is 48.0 Å². The predicted octanol–water partition coefficient (Wildman–Crippen LogP) is 7.60. The third kappa shape index (κ3) is 5.10. The Morgan fingerprint density at radius 2 is 1.70 bits per heavy atom. The fraction of sp³-hybridized carbons (Fsp3) is 0.310. The topological polar surface area (TPSA) is 31.1 Å². The molecule has 3 aromatic carbocycles. The van der Waals surface area contributed by atoms with E-state index in [9.17, 15) is 0 Å². The van der Waals surface area contributed by atoms with Crippen molar-refractivity contribution in [2.45, 2.75) is 39.0 Å². The summed E-state index contributed by atoms with van der Waals surface area (Å²) in [6.45, 7) is 7.77. The number of H-pyrrole nitrogens is 1. The number of hydrogen-bond donors (Lipinski definition) is 2. The average molecular weight is 458 g/mol. The number of piperidine rings is 1. The van der Waals surface area contributed by atoms with Crippen molar-refractivity contribution in [2.75, 3.05) is 25.0 Å². The third-order valence-electron chi connectivity index (χ3n) is 7.09. The molecule has 2 heterocycles. The molecule has 0 aliphatic carbocycles. The highest BCUT2D eigenvalue weighted by molar-refractivity contribution is 6.31. The van der Waals surface area contributed by atoms with Gasteiger partial charge in [0, 0.05) is 40.0 Å². The zero-order valence-electron chi connectivity index (χ0n) is 19.5. The van der Waals surface area contributed by atoms with Gasteiger partial charge in [0.05, 0.1) is 0 Å². The largest absolute Gasteiger partial charge is 0.361 e. The van der Waals surface area contributed by atoms with Gasteiger partial charge < -0.3 is 15.2 Å². The summed E-state index contributed by atoms with van der Waals surface area (Å²) in [4.78, 5) is 6.04. The molecule has 1 saturated heterocycles. The number of benzene rings is 3. The number of fused-ring (bicyclic) bond motifs is 1. The monoisotopic (exact) mass is 457 g/mol. The van der Waals surface area contributed by atoms with Crippen molar-refractivity contribution >= 4 is 33.9 Å². The Bertz CT molecular complexity index is 1230. The minimum Gasteiger partial charge on any atom is -0.361 e. The van der Waals surface area contributed by atoms with Crippen molar-refractivity contribution in [3.8, 4) is 0 Å². The van der Waals surface area contributed by atoms with Crippen molar-refractivity contribution in [3.63, 3.8) is 0 Å². The first-order valence-corrected chi connectivity index (χ1v) is 12.3. The Hall–Kier alpha value is -2.75. The summed E-state index contributed by atoms with van der Waals surface area (Å²) < 4.78 is 0. The summed E-state index contributed by atoms with van der Waals surface area (Å²) in [7, 11) is 0. The molecule has 33 heavy (non-hydrogen) atoms. The number of anilines is 2. The van der Waals surface area contributed by atoms with E-state index in [0.29, 0.717) is 5.92 Å². The lowest BCUT2D eigenvalue weighted by Crippen LogP contribution is -2.34. The maximum absolute atomic E-state index is 6.15. The van der Waals surface area contributed by atoms with Gasteiger partial charge in [0.15, 0.2) is 0 Å². The molecule has 1 aliphatic rings. The van der Waals surface area contributed by atoms with E-state index in [4.69, 9.17) is 11.6 Å². The maximum Gasteiger partial charge on any atom is 0.0471 e. The number of aromatic amines is 1. The van der Waals surface area contributed by atoms with Crippen LogP contribution >= 0.6 is 11.6 Å². The second-order valence-electron chi connectivity index (χ2n) is 9.43. The number of nitrogens with one attached hydrogen (secondary N) is 2. The predicted molar refractivity (Wildman–Crippen MR) is 141 cm³/mol. The molecule has 170 valence electrons. The van der Waals surface area contributed by atoms with Gasteiger partial charge >= 0.3 is 0 Å². The van der Waals surface area contributed by atoms with Gasteiger partial charge in [-0.2, -0.15) is 0 Å². The van der Waals surface area contributed by atoms with Gasteiger partial charge in [0.2, 0.25) is 0 Å². The van der Waals surface area contributed by atoms with E-state index in [1.54, 1.807) is 0 Å². The molecular weight excluding hydrogens is 426 g/mol. The van der Waals surface area contributed by atoms with E-state index in [1.165, 1.54) is 40.5 Å². The van der Waals surface area contributed by atoms with Crippen LogP contribution in [0.25, 0.3) is 10.9 Å². The zero-order valence-corrected chi connectivity index (χ0v) is 20.3. The van der Waals surface area contributed by atoms with Gasteiger partial charge in [0.1, 0.15) is 0 Å². The van der Waals surface area contributed by atoms with Crippen LogP contribution in [0.2, 0.25) is 5.02 Å². The van der Waals surface area contributed by atoms with Gasteiger partial charge in [-0.1, -0.05) is 41.4 Å². The summed E-state index contributed by atoms with van der Waals surface area (Å²) in [5.41, 5.74) is 8.98. The first kappa shape index (κ1) is 22.1. The molecule has 3 nitrogen and oxygen atoms in total. The minimum atomic E-state index is 0.625. The second-order valence-corrected chi connectivity index (χ2v) is 9.87. The molecule has 1 fully saturated rings. The van der Waals surface area contributed by atoms with Crippen molar-refractivity contribution in [1.82, 2.24) is 9.88 Å².